The van der Waals surface area contributed by atoms with E-state index in [4.69, 9.17) is 0 Å². The van der Waals surface area contributed by atoms with Gasteiger partial charge in [0.15, 0.2) is 0 Å². The lowest BCUT2D eigenvalue weighted by atomic mass is 10.1. The topological polar surface area (TPSA) is 27.8 Å². The van der Waals surface area contributed by atoms with Crippen molar-refractivity contribution in [3.8, 4) is 0 Å². The molecule has 20 heavy (non-hydrogen) atoms. The van der Waals surface area contributed by atoms with Gasteiger partial charge in [-0.1, -0.05) is 35.9 Å². The zero-order valence-corrected chi connectivity index (χ0v) is 11.8. The van der Waals surface area contributed by atoms with Gasteiger partial charge in [-0.2, -0.15) is 0 Å². The Kier molecular flexibility index (Phi) is 3.84. The zero-order chi connectivity index (χ0) is 13.8. The number of aryl methyl sites for hydroxylation is 1. The third-order valence-corrected chi connectivity index (χ3v) is 3.62. The van der Waals surface area contributed by atoms with Crippen LogP contribution in [0.2, 0.25) is 0 Å². The van der Waals surface area contributed by atoms with Crippen LogP contribution in [0.15, 0.2) is 54.7 Å². The third kappa shape index (κ3) is 3.09. The number of hydrogen-bond donors (Lipinski definition) is 2. The molecule has 3 rings (SSSR count). The van der Waals surface area contributed by atoms with E-state index in [1.165, 1.54) is 27.6 Å². The number of aromatic nitrogens is 1. The summed E-state index contributed by atoms with van der Waals surface area (Å²) in [5, 5.41) is 4.80. The molecule has 0 aliphatic heterocycles. The molecule has 1 aromatic heterocycles. The second-order valence-electron chi connectivity index (χ2n) is 5.32. The fourth-order valence-corrected chi connectivity index (χ4v) is 2.55. The molecule has 0 spiro atoms. The van der Waals surface area contributed by atoms with Gasteiger partial charge in [0, 0.05) is 18.3 Å². The summed E-state index contributed by atoms with van der Waals surface area (Å²) in [7, 11) is 0. The second-order valence-corrected chi connectivity index (χ2v) is 5.32. The first-order chi connectivity index (χ1) is 9.81. The van der Waals surface area contributed by atoms with E-state index in [1.807, 2.05) is 6.20 Å². The highest BCUT2D eigenvalue weighted by Gasteiger charge is 1.98. The van der Waals surface area contributed by atoms with E-state index in [0.717, 1.165) is 19.5 Å². The monoisotopic (exact) mass is 264 g/mol. The van der Waals surface area contributed by atoms with Crippen molar-refractivity contribution in [1.82, 2.24) is 10.3 Å². The Balaban J connectivity index is 1.52. The van der Waals surface area contributed by atoms with Gasteiger partial charge >= 0.3 is 0 Å². The van der Waals surface area contributed by atoms with Crippen molar-refractivity contribution in [1.29, 1.82) is 0 Å². The maximum Gasteiger partial charge on any atom is 0.0454 e. The molecule has 1 heterocycles. The van der Waals surface area contributed by atoms with Crippen LogP contribution in [0.1, 0.15) is 16.7 Å². The van der Waals surface area contributed by atoms with Crippen LogP contribution < -0.4 is 5.32 Å². The number of hydrogen-bond acceptors (Lipinski definition) is 1. The van der Waals surface area contributed by atoms with Gasteiger partial charge in [0.05, 0.1) is 0 Å². The first-order valence-corrected chi connectivity index (χ1v) is 7.13. The van der Waals surface area contributed by atoms with Crippen LogP contribution >= 0.6 is 0 Å². The molecule has 2 nitrogen and oxygen atoms in total. The molecule has 0 bridgehead atoms. The quantitative estimate of drug-likeness (QED) is 0.674. The summed E-state index contributed by atoms with van der Waals surface area (Å²) in [6.07, 6.45) is 3.06. The molecule has 0 aliphatic carbocycles. The molecule has 2 N–H and O–H groups in total. The van der Waals surface area contributed by atoms with E-state index in [1.54, 1.807) is 0 Å². The van der Waals surface area contributed by atoms with Crippen molar-refractivity contribution < 1.29 is 0 Å². The highest BCUT2D eigenvalue weighted by Crippen LogP contribution is 2.14. The Morgan fingerprint density at radius 3 is 2.85 bits per heavy atom. The zero-order valence-electron chi connectivity index (χ0n) is 11.8. The van der Waals surface area contributed by atoms with Crippen molar-refractivity contribution in [3.05, 3.63) is 71.4 Å². The number of aromatic amines is 1. The van der Waals surface area contributed by atoms with E-state index in [9.17, 15) is 0 Å². The van der Waals surface area contributed by atoms with Gasteiger partial charge in [-0.25, -0.2) is 0 Å². The minimum atomic E-state index is 0.924. The molecule has 0 aliphatic rings. The highest BCUT2D eigenvalue weighted by molar-refractivity contribution is 5.79. The molecule has 0 saturated carbocycles. The number of H-pyrrole nitrogens is 1. The Hall–Kier alpha value is -2.06. The first-order valence-electron chi connectivity index (χ1n) is 7.13. The van der Waals surface area contributed by atoms with Gasteiger partial charge in [-0.05, 0) is 54.6 Å². The summed E-state index contributed by atoms with van der Waals surface area (Å²) >= 11 is 0. The van der Waals surface area contributed by atoms with Crippen LogP contribution in [0.3, 0.4) is 0 Å². The van der Waals surface area contributed by atoms with Gasteiger partial charge in [0.25, 0.3) is 0 Å². The highest BCUT2D eigenvalue weighted by atomic mass is 14.8. The lowest BCUT2D eigenvalue weighted by Gasteiger charge is -2.06. The molecule has 0 fully saturated rings. The summed E-state index contributed by atoms with van der Waals surface area (Å²) in [5.41, 5.74) is 5.27. The average molecular weight is 264 g/mol. The summed E-state index contributed by atoms with van der Waals surface area (Å²) < 4.78 is 0. The minimum absolute atomic E-state index is 0.924. The van der Waals surface area contributed by atoms with E-state index in [0.29, 0.717) is 0 Å². The summed E-state index contributed by atoms with van der Waals surface area (Å²) in [5.74, 6) is 0. The number of nitrogens with one attached hydrogen (secondary N) is 2. The summed E-state index contributed by atoms with van der Waals surface area (Å²) in [6, 6.07) is 17.4. The summed E-state index contributed by atoms with van der Waals surface area (Å²) in [6.45, 7) is 4.07. The van der Waals surface area contributed by atoms with Crippen molar-refractivity contribution in [2.24, 2.45) is 0 Å². The van der Waals surface area contributed by atoms with Crippen molar-refractivity contribution in [2.45, 2.75) is 19.9 Å². The van der Waals surface area contributed by atoms with E-state index < -0.39 is 0 Å². The Labute approximate surface area is 119 Å². The molecule has 0 radical (unpaired) electrons. The normalized spacial score (nSPS) is 11.1. The number of fused-ring (bicyclic) bond motifs is 1. The van der Waals surface area contributed by atoms with Crippen LogP contribution in [0, 0.1) is 6.92 Å². The molecule has 2 aromatic carbocycles. The SMILES string of the molecule is Cc1cccc(CCNCc2ccc3[nH]ccc3c2)c1. The maximum atomic E-state index is 3.52. The fraction of sp³-hybridized carbons (Fsp3) is 0.222. The molecule has 0 saturated heterocycles. The first kappa shape index (κ1) is 12.9. The molecule has 3 aromatic rings. The second kappa shape index (κ2) is 5.93. The van der Waals surface area contributed by atoms with Gasteiger partial charge in [-0.3, -0.25) is 0 Å². The Morgan fingerprint density at radius 1 is 1.00 bits per heavy atom. The molecular formula is C18H20N2. The van der Waals surface area contributed by atoms with E-state index in [2.05, 4.69) is 65.8 Å². The largest absolute Gasteiger partial charge is 0.361 e. The van der Waals surface area contributed by atoms with E-state index in [-0.39, 0.29) is 0 Å². The van der Waals surface area contributed by atoms with Crippen molar-refractivity contribution in [3.63, 3.8) is 0 Å². The molecule has 102 valence electrons. The Morgan fingerprint density at radius 2 is 1.95 bits per heavy atom. The van der Waals surface area contributed by atoms with Crippen LogP contribution in [0.25, 0.3) is 10.9 Å². The number of rotatable bonds is 5. The van der Waals surface area contributed by atoms with Gasteiger partial charge in [0.1, 0.15) is 0 Å². The van der Waals surface area contributed by atoms with Crippen LogP contribution in [0.4, 0.5) is 0 Å². The average Bonchev–Trinajstić information content (AvgIpc) is 2.91. The molecule has 0 unspecified atom stereocenters. The van der Waals surface area contributed by atoms with Crippen LogP contribution in [-0.4, -0.2) is 11.5 Å². The minimum Gasteiger partial charge on any atom is -0.361 e. The molecular weight excluding hydrogens is 244 g/mol. The molecule has 0 atom stereocenters. The van der Waals surface area contributed by atoms with Gasteiger partial charge < -0.3 is 10.3 Å². The van der Waals surface area contributed by atoms with Gasteiger partial charge in [0.2, 0.25) is 0 Å². The lowest BCUT2D eigenvalue weighted by molar-refractivity contribution is 0.687. The predicted molar refractivity (Wildman–Crippen MR) is 84.9 cm³/mol. The van der Waals surface area contributed by atoms with Crippen molar-refractivity contribution >= 4 is 10.9 Å². The summed E-state index contributed by atoms with van der Waals surface area (Å²) in [4.78, 5) is 3.22. The Bertz CT molecular complexity index is 697. The fourth-order valence-electron chi connectivity index (χ4n) is 2.55. The molecule has 2 heteroatoms. The molecule has 0 amide bonds. The number of benzene rings is 2. The van der Waals surface area contributed by atoms with E-state index >= 15 is 0 Å². The standard InChI is InChI=1S/C18H20N2/c1-14-3-2-4-15(11-14)7-9-19-13-16-5-6-18-17(12-16)8-10-20-18/h2-6,8,10-12,19-20H,7,9,13H2,1H3. The maximum absolute atomic E-state index is 3.52. The van der Waals surface area contributed by atoms with Gasteiger partial charge in [-0.15, -0.1) is 0 Å². The van der Waals surface area contributed by atoms with Crippen LogP contribution in [-0.2, 0) is 13.0 Å². The predicted octanol–water partition coefficient (Wildman–Crippen LogP) is 3.81. The van der Waals surface area contributed by atoms with Crippen LogP contribution in [0.5, 0.6) is 0 Å². The lowest BCUT2D eigenvalue weighted by Crippen LogP contribution is -2.16. The smallest absolute Gasteiger partial charge is 0.0454 e. The third-order valence-electron chi connectivity index (χ3n) is 3.62. The van der Waals surface area contributed by atoms with Crippen molar-refractivity contribution in [2.75, 3.05) is 6.54 Å².